The Hall–Kier alpha value is -1.96. The summed E-state index contributed by atoms with van der Waals surface area (Å²) >= 11 is 14.4. The van der Waals surface area contributed by atoms with E-state index in [1.165, 1.54) is 0 Å². The van der Waals surface area contributed by atoms with E-state index in [4.69, 9.17) is 23.8 Å². The molecule has 0 aliphatic carbocycles. The Kier molecular flexibility index (Phi) is 6.92. The molecule has 0 spiro atoms. The van der Waals surface area contributed by atoms with Gasteiger partial charge in [0.1, 0.15) is 0 Å². The van der Waals surface area contributed by atoms with Crippen LogP contribution in [0.1, 0.15) is 23.7 Å². The Morgan fingerprint density at radius 1 is 1.08 bits per heavy atom. The smallest absolute Gasteiger partial charge is 0.257 e. The molecule has 0 aromatic heterocycles. The quantitative estimate of drug-likeness (QED) is 0.609. The van der Waals surface area contributed by atoms with Crippen molar-refractivity contribution in [2.45, 2.75) is 13.3 Å². The van der Waals surface area contributed by atoms with Crippen molar-refractivity contribution in [3.05, 3.63) is 57.5 Å². The van der Waals surface area contributed by atoms with Crippen LogP contribution in [-0.2, 0) is 4.79 Å². The number of nitrogens with one attached hydrogen (secondary N) is 3. The molecule has 0 unspecified atom stereocenters. The number of amides is 2. The summed E-state index contributed by atoms with van der Waals surface area (Å²) in [6.07, 6.45) is 0.352. The Bertz CT molecular complexity index is 812. The van der Waals surface area contributed by atoms with E-state index in [1.54, 1.807) is 49.4 Å². The second-order valence-corrected chi connectivity index (χ2v) is 6.74. The van der Waals surface area contributed by atoms with Crippen molar-refractivity contribution < 1.29 is 9.59 Å². The molecule has 2 rings (SSSR count). The molecular weight excluding hydrogens is 426 g/mol. The predicted octanol–water partition coefficient (Wildman–Crippen LogP) is 4.58. The number of hydrogen-bond donors (Lipinski definition) is 3. The third kappa shape index (κ3) is 5.81. The minimum Gasteiger partial charge on any atom is -0.332 e. The fourth-order valence-corrected chi connectivity index (χ4v) is 2.68. The first-order chi connectivity index (χ1) is 11.9. The lowest BCUT2D eigenvalue weighted by Crippen LogP contribution is -2.33. The second-order valence-electron chi connectivity index (χ2n) is 5.01. The Balaban J connectivity index is 2.00. The molecular formula is C17H15BrClN3O2S. The van der Waals surface area contributed by atoms with Crippen molar-refractivity contribution in [1.29, 1.82) is 0 Å². The molecule has 2 aromatic rings. The molecule has 3 N–H and O–H groups in total. The highest BCUT2D eigenvalue weighted by Crippen LogP contribution is 2.22. The summed E-state index contributed by atoms with van der Waals surface area (Å²) in [5.41, 5.74) is 1.68. The highest BCUT2D eigenvalue weighted by Gasteiger charge is 2.11. The van der Waals surface area contributed by atoms with E-state index in [9.17, 15) is 9.59 Å². The van der Waals surface area contributed by atoms with Gasteiger partial charge in [0.05, 0.1) is 10.6 Å². The number of rotatable bonds is 4. The van der Waals surface area contributed by atoms with Gasteiger partial charge in [-0.25, -0.2) is 0 Å². The van der Waals surface area contributed by atoms with Crippen molar-refractivity contribution in [3.63, 3.8) is 0 Å². The number of carbonyl (C=O) groups is 2. The summed E-state index contributed by atoms with van der Waals surface area (Å²) in [7, 11) is 0. The van der Waals surface area contributed by atoms with Crippen LogP contribution in [0.3, 0.4) is 0 Å². The molecule has 130 valence electrons. The summed E-state index contributed by atoms with van der Waals surface area (Å²) in [5.74, 6) is -0.468. The molecule has 0 fully saturated rings. The highest BCUT2D eigenvalue weighted by molar-refractivity contribution is 9.10. The molecule has 0 saturated heterocycles. The molecule has 0 saturated carbocycles. The molecule has 0 bridgehead atoms. The largest absolute Gasteiger partial charge is 0.332 e. The monoisotopic (exact) mass is 439 g/mol. The molecule has 8 heteroatoms. The maximum absolute atomic E-state index is 12.3. The molecule has 5 nitrogen and oxygen atoms in total. The van der Waals surface area contributed by atoms with Crippen LogP contribution in [0.15, 0.2) is 46.9 Å². The van der Waals surface area contributed by atoms with Gasteiger partial charge in [-0.2, -0.15) is 0 Å². The zero-order valence-corrected chi connectivity index (χ0v) is 16.4. The van der Waals surface area contributed by atoms with E-state index in [1.807, 2.05) is 0 Å². The average molecular weight is 441 g/mol. The minimum absolute atomic E-state index is 0.160. The first-order valence-electron chi connectivity index (χ1n) is 7.36. The second kappa shape index (κ2) is 8.94. The topological polar surface area (TPSA) is 70.2 Å². The first kappa shape index (κ1) is 19.4. The number of hydrogen-bond acceptors (Lipinski definition) is 3. The number of anilines is 2. The molecule has 0 atom stereocenters. The number of thiocarbonyl (C=S) groups is 1. The van der Waals surface area contributed by atoms with Gasteiger partial charge in [0, 0.05) is 22.3 Å². The van der Waals surface area contributed by atoms with Crippen LogP contribution in [0.5, 0.6) is 0 Å². The van der Waals surface area contributed by atoms with Crippen LogP contribution < -0.4 is 16.0 Å². The third-order valence-corrected chi connectivity index (χ3v) is 4.17. The van der Waals surface area contributed by atoms with E-state index in [0.29, 0.717) is 28.4 Å². The fourth-order valence-electron chi connectivity index (χ4n) is 1.88. The van der Waals surface area contributed by atoms with Crippen LogP contribution in [0.2, 0.25) is 5.02 Å². The zero-order valence-electron chi connectivity index (χ0n) is 13.2. The Morgan fingerprint density at radius 2 is 1.68 bits per heavy atom. The first-order valence-corrected chi connectivity index (χ1v) is 8.94. The number of benzene rings is 2. The number of carbonyl (C=O) groups excluding carboxylic acids is 2. The molecule has 2 amide bonds. The van der Waals surface area contributed by atoms with Crippen molar-refractivity contribution >= 4 is 68.1 Å². The summed E-state index contributed by atoms with van der Waals surface area (Å²) in [5, 5.41) is 8.82. The lowest BCUT2D eigenvalue weighted by atomic mass is 10.2. The third-order valence-electron chi connectivity index (χ3n) is 3.15. The summed E-state index contributed by atoms with van der Waals surface area (Å²) in [4.78, 5) is 23.6. The Morgan fingerprint density at radius 3 is 2.28 bits per heavy atom. The van der Waals surface area contributed by atoms with E-state index >= 15 is 0 Å². The van der Waals surface area contributed by atoms with Crippen LogP contribution in [-0.4, -0.2) is 16.9 Å². The predicted molar refractivity (Wildman–Crippen MR) is 108 cm³/mol. The van der Waals surface area contributed by atoms with Crippen LogP contribution in [0.25, 0.3) is 0 Å². The molecule has 0 aliphatic heterocycles. The van der Waals surface area contributed by atoms with Gasteiger partial charge in [0.2, 0.25) is 5.91 Å². The van der Waals surface area contributed by atoms with Gasteiger partial charge in [-0.15, -0.1) is 0 Å². The maximum Gasteiger partial charge on any atom is 0.257 e. The lowest BCUT2D eigenvalue weighted by Gasteiger charge is -2.10. The SMILES string of the molecule is CCC(=O)NC(=S)Nc1ccc(NC(=O)c2cc(Br)ccc2Cl)cc1. The van der Waals surface area contributed by atoms with Gasteiger partial charge in [0.25, 0.3) is 5.91 Å². The average Bonchev–Trinajstić information content (AvgIpc) is 2.58. The van der Waals surface area contributed by atoms with Gasteiger partial charge >= 0.3 is 0 Å². The minimum atomic E-state index is -0.308. The van der Waals surface area contributed by atoms with Crippen LogP contribution in [0.4, 0.5) is 11.4 Å². The van der Waals surface area contributed by atoms with Crippen molar-refractivity contribution in [2.75, 3.05) is 10.6 Å². The molecule has 0 aliphatic rings. The van der Waals surface area contributed by atoms with Gasteiger partial charge in [0.15, 0.2) is 5.11 Å². The summed E-state index contributed by atoms with van der Waals surface area (Å²) in [6.45, 7) is 1.74. The van der Waals surface area contributed by atoms with Gasteiger partial charge in [-0.05, 0) is 54.7 Å². The van der Waals surface area contributed by atoms with Crippen molar-refractivity contribution in [2.24, 2.45) is 0 Å². The van der Waals surface area contributed by atoms with E-state index in [2.05, 4.69) is 31.9 Å². The summed E-state index contributed by atoms with van der Waals surface area (Å²) in [6, 6.07) is 12.0. The summed E-state index contributed by atoms with van der Waals surface area (Å²) < 4.78 is 0.768. The zero-order chi connectivity index (χ0) is 18.4. The number of halogens is 2. The van der Waals surface area contributed by atoms with Gasteiger partial charge in [-0.3, -0.25) is 9.59 Å². The molecule has 0 heterocycles. The van der Waals surface area contributed by atoms with E-state index in [0.717, 1.165) is 4.47 Å². The van der Waals surface area contributed by atoms with Crippen LogP contribution in [0, 0.1) is 0 Å². The van der Waals surface area contributed by atoms with Crippen LogP contribution >= 0.6 is 39.7 Å². The maximum atomic E-state index is 12.3. The van der Waals surface area contributed by atoms with Gasteiger partial charge < -0.3 is 16.0 Å². The highest BCUT2D eigenvalue weighted by atomic mass is 79.9. The molecule has 2 aromatic carbocycles. The lowest BCUT2D eigenvalue weighted by molar-refractivity contribution is -0.119. The van der Waals surface area contributed by atoms with E-state index in [-0.39, 0.29) is 16.9 Å². The normalized spacial score (nSPS) is 10.0. The molecule has 0 radical (unpaired) electrons. The van der Waals surface area contributed by atoms with Gasteiger partial charge in [-0.1, -0.05) is 34.5 Å². The Labute approximate surface area is 164 Å². The van der Waals surface area contributed by atoms with Crippen molar-refractivity contribution in [3.8, 4) is 0 Å². The van der Waals surface area contributed by atoms with Crippen molar-refractivity contribution in [1.82, 2.24) is 5.32 Å². The van der Waals surface area contributed by atoms with E-state index < -0.39 is 0 Å². The standard InChI is InChI=1S/C17H15BrClN3O2S/c1-2-15(23)22-17(25)21-12-6-4-11(5-7-12)20-16(24)13-9-10(18)3-8-14(13)19/h3-9H,2H2,1H3,(H,20,24)(H2,21,22,23,25). The fraction of sp³-hybridized carbons (Fsp3) is 0.118. The molecule has 25 heavy (non-hydrogen) atoms.